The zero-order valence-electron chi connectivity index (χ0n) is 11.6. The zero-order valence-corrected chi connectivity index (χ0v) is 11.6. The highest BCUT2D eigenvalue weighted by Gasteiger charge is 2.27. The van der Waals surface area contributed by atoms with E-state index in [1.54, 1.807) is 0 Å². The van der Waals surface area contributed by atoms with Gasteiger partial charge in [0.15, 0.2) is 0 Å². The lowest BCUT2D eigenvalue weighted by atomic mass is 10.0. The monoisotopic (exact) mass is 258 g/mol. The molecule has 3 rings (SSSR count). The van der Waals surface area contributed by atoms with Crippen molar-refractivity contribution in [2.24, 2.45) is 5.16 Å². The van der Waals surface area contributed by atoms with E-state index in [0.29, 0.717) is 11.8 Å². The van der Waals surface area contributed by atoms with E-state index in [1.807, 2.05) is 6.92 Å². The molecule has 1 heterocycles. The van der Waals surface area contributed by atoms with Crippen LogP contribution in [0.2, 0.25) is 0 Å². The molecule has 2 aliphatic rings. The fourth-order valence-corrected chi connectivity index (χ4v) is 3.42. The van der Waals surface area contributed by atoms with E-state index < -0.39 is 0 Å². The highest BCUT2D eigenvalue weighted by Crippen LogP contribution is 2.28. The number of likely N-dealkylation sites (tertiary alicyclic amines) is 1. The van der Waals surface area contributed by atoms with Crippen molar-refractivity contribution in [1.82, 2.24) is 4.90 Å². The van der Waals surface area contributed by atoms with Crippen LogP contribution < -0.4 is 0 Å². The lowest BCUT2D eigenvalue weighted by Crippen LogP contribution is -2.39. The van der Waals surface area contributed by atoms with Gasteiger partial charge in [0.2, 0.25) is 0 Å². The van der Waals surface area contributed by atoms with E-state index in [-0.39, 0.29) is 0 Å². The lowest BCUT2D eigenvalue weighted by Gasteiger charge is -2.32. The first kappa shape index (κ1) is 12.7. The molecule has 1 aromatic rings. The van der Waals surface area contributed by atoms with E-state index in [2.05, 4.69) is 28.3 Å². The minimum absolute atomic E-state index is 0.692. The van der Waals surface area contributed by atoms with Crippen LogP contribution in [0.3, 0.4) is 0 Å². The van der Waals surface area contributed by atoms with Crippen LogP contribution in [0, 0.1) is 0 Å². The molecule has 0 amide bonds. The molecule has 1 N–H and O–H groups in total. The maximum absolute atomic E-state index is 8.87. The standard InChI is InChI=1S/C16H22N2O/c1-12(17-19)13-5-6-14-10-16(11-15(14)9-13)18-7-3-2-4-8-18/h5-6,9,16,19H,2-4,7-8,10-11H2,1H3/b17-12-/t16-/m0/s1. The fourth-order valence-electron chi connectivity index (χ4n) is 3.42. The Balaban J connectivity index is 1.76. The summed E-state index contributed by atoms with van der Waals surface area (Å²) in [6, 6.07) is 7.18. The average molecular weight is 258 g/mol. The van der Waals surface area contributed by atoms with Gasteiger partial charge in [0.1, 0.15) is 0 Å². The number of benzene rings is 1. The Labute approximate surface area is 114 Å². The molecule has 1 aliphatic carbocycles. The van der Waals surface area contributed by atoms with Crippen LogP contribution in [0.4, 0.5) is 0 Å². The Morgan fingerprint density at radius 3 is 2.63 bits per heavy atom. The summed E-state index contributed by atoms with van der Waals surface area (Å²) >= 11 is 0. The number of hydrogen-bond acceptors (Lipinski definition) is 3. The molecular formula is C16H22N2O. The second-order valence-corrected chi connectivity index (χ2v) is 5.83. The van der Waals surface area contributed by atoms with Crippen LogP contribution >= 0.6 is 0 Å². The highest BCUT2D eigenvalue weighted by atomic mass is 16.4. The molecule has 0 radical (unpaired) electrons. The average Bonchev–Trinajstić information content (AvgIpc) is 2.90. The number of hydrogen-bond donors (Lipinski definition) is 1. The topological polar surface area (TPSA) is 35.8 Å². The molecule has 0 spiro atoms. The minimum atomic E-state index is 0.692. The number of nitrogens with zero attached hydrogens (tertiary/aromatic N) is 2. The Kier molecular flexibility index (Phi) is 3.56. The van der Waals surface area contributed by atoms with E-state index in [0.717, 1.165) is 12.0 Å². The summed E-state index contributed by atoms with van der Waals surface area (Å²) in [7, 11) is 0. The minimum Gasteiger partial charge on any atom is -0.411 e. The molecule has 0 saturated carbocycles. The molecule has 1 fully saturated rings. The van der Waals surface area contributed by atoms with E-state index in [4.69, 9.17) is 5.21 Å². The highest BCUT2D eigenvalue weighted by molar-refractivity contribution is 5.98. The normalized spacial score (nSPS) is 24.5. The molecule has 1 saturated heterocycles. The molecule has 3 nitrogen and oxygen atoms in total. The number of fused-ring (bicyclic) bond motifs is 1. The predicted octanol–water partition coefficient (Wildman–Crippen LogP) is 2.84. The van der Waals surface area contributed by atoms with Gasteiger partial charge in [-0.2, -0.15) is 0 Å². The molecule has 1 atom stereocenters. The van der Waals surface area contributed by atoms with Crippen molar-refractivity contribution in [2.75, 3.05) is 13.1 Å². The Hall–Kier alpha value is -1.35. The molecule has 1 aromatic carbocycles. The lowest BCUT2D eigenvalue weighted by molar-refractivity contribution is 0.168. The molecule has 19 heavy (non-hydrogen) atoms. The van der Waals surface area contributed by atoms with Crippen LogP contribution in [-0.4, -0.2) is 35.0 Å². The first-order valence-electron chi connectivity index (χ1n) is 7.33. The van der Waals surface area contributed by atoms with Gasteiger partial charge in [0, 0.05) is 6.04 Å². The molecule has 102 valence electrons. The quantitative estimate of drug-likeness (QED) is 0.503. The van der Waals surface area contributed by atoms with Gasteiger partial charge in [-0.3, -0.25) is 4.90 Å². The van der Waals surface area contributed by atoms with E-state index in [1.165, 1.54) is 49.9 Å². The number of piperidine rings is 1. The van der Waals surface area contributed by atoms with Gasteiger partial charge in [-0.1, -0.05) is 23.7 Å². The van der Waals surface area contributed by atoms with Gasteiger partial charge in [-0.25, -0.2) is 0 Å². The Bertz CT molecular complexity index is 490. The van der Waals surface area contributed by atoms with Gasteiger partial charge in [-0.05, 0) is 68.5 Å². The van der Waals surface area contributed by atoms with Crippen LogP contribution in [0.5, 0.6) is 0 Å². The van der Waals surface area contributed by atoms with Gasteiger partial charge >= 0.3 is 0 Å². The SMILES string of the molecule is C/C(=N/O)c1ccc2c(c1)C[C@@H](N1CCCCC1)C2. The number of oxime groups is 1. The Morgan fingerprint density at radius 2 is 1.89 bits per heavy atom. The zero-order chi connectivity index (χ0) is 13.2. The van der Waals surface area contributed by atoms with Crippen molar-refractivity contribution in [3.8, 4) is 0 Å². The third-order valence-corrected chi connectivity index (χ3v) is 4.59. The van der Waals surface area contributed by atoms with E-state index >= 15 is 0 Å². The third kappa shape index (κ3) is 2.52. The Morgan fingerprint density at radius 1 is 1.16 bits per heavy atom. The summed E-state index contributed by atoms with van der Waals surface area (Å²) in [6.07, 6.45) is 6.45. The molecule has 0 aromatic heterocycles. The smallest absolute Gasteiger partial charge is 0.0837 e. The number of rotatable bonds is 2. The van der Waals surface area contributed by atoms with Crippen molar-refractivity contribution in [1.29, 1.82) is 0 Å². The second-order valence-electron chi connectivity index (χ2n) is 5.83. The molecule has 0 bridgehead atoms. The molecule has 3 heteroatoms. The summed E-state index contributed by atoms with van der Waals surface area (Å²) in [5, 5.41) is 12.2. The third-order valence-electron chi connectivity index (χ3n) is 4.59. The first-order chi connectivity index (χ1) is 9.28. The van der Waals surface area contributed by atoms with Crippen LogP contribution in [0.1, 0.15) is 42.9 Å². The van der Waals surface area contributed by atoms with Gasteiger partial charge in [0.05, 0.1) is 5.71 Å². The molecule has 1 aliphatic heterocycles. The first-order valence-corrected chi connectivity index (χ1v) is 7.33. The molecular weight excluding hydrogens is 236 g/mol. The van der Waals surface area contributed by atoms with Crippen molar-refractivity contribution >= 4 is 5.71 Å². The van der Waals surface area contributed by atoms with Gasteiger partial charge in [-0.15, -0.1) is 0 Å². The van der Waals surface area contributed by atoms with Crippen molar-refractivity contribution in [3.63, 3.8) is 0 Å². The van der Waals surface area contributed by atoms with Crippen molar-refractivity contribution in [3.05, 3.63) is 34.9 Å². The summed E-state index contributed by atoms with van der Waals surface area (Å²) in [5.41, 5.74) is 4.66. The largest absolute Gasteiger partial charge is 0.411 e. The van der Waals surface area contributed by atoms with E-state index in [9.17, 15) is 0 Å². The summed E-state index contributed by atoms with van der Waals surface area (Å²) in [5.74, 6) is 0. The fraction of sp³-hybridized carbons (Fsp3) is 0.562. The maximum atomic E-state index is 8.87. The predicted molar refractivity (Wildman–Crippen MR) is 77.1 cm³/mol. The van der Waals surface area contributed by atoms with Crippen LogP contribution in [0.15, 0.2) is 23.4 Å². The van der Waals surface area contributed by atoms with Gasteiger partial charge < -0.3 is 5.21 Å². The summed E-state index contributed by atoms with van der Waals surface area (Å²) in [6.45, 7) is 4.38. The van der Waals surface area contributed by atoms with Crippen molar-refractivity contribution in [2.45, 2.75) is 45.1 Å². The van der Waals surface area contributed by atoms with Gasteiger partial charge in [0.25, 0.3) is 0 Å². The summed E-state index contributed by atoms with van der Waals surface area (Å²) < 4.78 is 0. The maximum Gasteiger partial charge on any atom is 0.0837 e. The summed E-state index contributed by atoms with van der Waals surface area (Å²) in [4.78, 5) is 2.66. The van der Waals surface area contributed by atoms with Crippen LogP contribution in [0.25, 0.3) is 0 Å². The van der Waals surface area contributed by atoms with Crippen LogP contribution in [-0.2, 0) is 12.8 Å². The van der Waals surface area contributed by atoms with Crippen molar-refractivity contribution < 1.29 is 5.21 Å². The second kappa shape index (κ2) is 5.33. The molecule has 0 unspecified atom stereocenters.